The number of amides is 1. The second-order valence-corrected chi connectivity index (χ2v) is 6.57. The Bertz CT molecular complexity index is 1090. The van der Waals surface area contributed by atoms with Gasteiger partial charge in [-0.15, -0.1) is 0 Å². The van der Waals surface area contributed by atoms with Crippen molar-refractivity contribution in [2.75, 3.05) is 0 Å². The number of carboxylic acid groups (broad SMARTS) is 1. The van der Waals surface area contributed by atoms with E-state index >= 15 is 0 Å². The molecule has 0 aliphatic heterocycles. The number of aryl methyl sites for hydroxylation is 2. The van der Waals surface area contributed by atoms with E-state index in [1.807, 2.05) is 19.9 Å². The second kappa shape index (κ2) is 7.00. The summed E-state index contributed by atoms with van der Waals surface area (Å²) in [6.07, 6.45) is 1.28. The molecule has 1 amide bonds. The number of carbonyl (C=O) groups is 2. The van der Waals surface area contributed by atoms with Gasteiger partial charge in [0.1, 0.15) is 5.52 Å². The highest BCUT2D eigenvalue weighted by atomic mass is 35.5. The first-order valence-electron chi connectivity index (χ1n) is 8.51. The summed E-state index contributed by atoms with van der Waals surface area (Å²) in [4.78, 5) is 28.3. The first kappa shape index (κ1) is 18.8. The maximum absolute atomic E-state index is 12.0. The third-order valence-corrected chi connectivity index (χ3v) is 4.96. The molecule has 7 nitrogen and oxygen atoms in total. The van der Waals surface area contributed by atoms with Crippen molar-refractivity contribution in [1.82, 2.24) is 14.8 Å². The van der Waals surface area contributed by atoms with Crippen LogP contribution in [-0.2, 0) is 19.9 Å². The molecule has 0 radical (unpaired) electrons. The molecule has 0 saturated heterocycles. The fraction of sp³-hybridized carbons (Fsp3) is 0.263. The number of nitrogens with zero attached hydrogens (tertiary/aromatic N) is 3. The van der Waals surface area contributed by atoms with Gasteiger partial charge in [0.25, 0.3) is 5.91 Å². The highest BCUT2D eigenvalue weighted by molar-refractivity contribution is 6.32. The monoisotopic (exact) mass is 386 g/mol. The van der Waals surface area contributed by atoms with E-state index < -0.39 is 11.9 Å². The molecular weight excluding hydrogens is 368 g/mol. The maximum Gasteiger partial charge on any atom is 0.337 e. The fourth-order valence-corrected chi connectivity index (χ4v) is 3.59. The standard InChI is InChI=1S/C19H19ClN4O3/c1-4-9-6-7-12(20)10(5-2)14(9)15-11(19(26)27)8-13-16(22-15)17(18(21)25)23-24(13)3/h6-8H,4-5H2,1-3H3,(H2,21,25)(H,26,27). The summed E-state index contributed by atoms with van der Waals surface area (Å²) in [5.74, 6) is -1.84. The van der Waals surface area contributed by atoms with Crippen LogP contribution in [-0.4, -0.2) is 31.7 Å². The predicted octanol–water partition coefficient (Wildman–Crippen LogP) is 3.21. The highest BCUT2D eigenvalue weighted by Gasteiger charge is 2.24. The Morgan fingerprint density at radius 2 is 1.96 bits per heavy atom. The minimum absolute atomic E-state index is 0.00353. The van der Waals surface area contributed by atoms with Crippen molar-refractivity contribution < 1.29 is 14.7 Å². The first-order chi connectivity index (χ1) is 12.8. The van der Waals surface area contributed by atoms with E-state index in [0.29, 0.717) is 28.9 Å². The number of rotatable bonds is 5. The number of carbonyl (C=O) groups excluding carboxylic acids is 1. The summed E-state index contributed by atoms with van der Waals surface area (Å²) in [5, 5.41) is 14.4. The van der Waals surface area contributed by atoms with Crippen LogP contribution in [0.25, 0.3) is 22.3 Å². The van der Waals surface area contributed by atoms with E-state index in [1.54, 1.807) is 13.1 Å². The van der Waals surface area contributed by atoms with Crippen LogP contribution in [0.2, 0.25) is 5.02 Å². The summed E-state index contributed by atoms with van der Waals surface area (Å²) in [6, 6.07) is 5.15. The van der Waals surface area contributed by atoms with Crippen molar-refractivity contribution >= 4 is 34.5 Å². The highest BCUT2D eigenvalue weighted by Crippen LogP contribution is 2.36. The number of benzene rings is 1. The van der Waals surface area contributed by atoms with Gasteiger partial charge in [0.15, 0.2) is 5.69 Å². The first-order valence-corrected chi connectivity index (χ1v) is 8.89. The zero-order valence-electron chi connectivity index (χ0n) is 15.2. The van der Waals surface area contributed by atoms with Crippen LogP contribution in [0.4, 0.5) is 0 Å². The van der Waals surface area contributed by atoms with Gasteiger partial charge in [-0.25, -0.2) is 9.78 Å². The molecule has 8 heteroatoms. The van der Waals surface area contributed by atoms with Crippen LogP contribution in [0.5, 0.6) is 0 Å². The second-order valence-electron chi connectivity index (χ2n) is 6.16. The Morgan fingerprint density at radius 3 is 2.52 bits per heavy atom. The maximum atomic E-state index is 12.0. The fourth-order valence-electron chi connectivity index (χ4n) is 3.30. The third-order valence-electron chi connectivity index (χ3n) is 4.60. The lowest BCUT2D eigenvalue weighted by atomic mass is 9.92. The van der Waals surface area contributed by atoms with E-state index in [4.69, 9.17) is 17.3 Å². The number of carboxylic acids is 1. The summed E-state index contributed by atoms with van der Waals surface area (Å²) in [6.45, 7) is 3.92. The number of aromatic nitrogens is 3. The Hall–Kier alpha value is -2.93. The molecule has 0 atom stereocenters. The predicted molar refractivity (Wildman–Crippen MR) is 103 cm³/mol. The van der Waals surface area contributed by atoms with Gasteiger partial charge in [-0.3, -0.25) is 9.48 Å². The molecule has 2 heterocycles. The lowest BCUT2D eigenvalue weighted by Crippen LogP contribution is -2.13. The van der Waals surface area contributed by atoms with Crippen molar-refractivity contribution in [2.45, 2.75) is 26.7 Å². The molecule has 140 valence electrons. The summed E-state index contributed by atoms with van der Waals surface area (Å²) in [7, 11) is 1.61. The molecule has 0 aliphatic rings. The normalized spacial score (nSPS) is 11.1. The third kappa shape index (κ3) is 3.04. The Labute approximate surface area is 160 Å². The van der Waals surface area contributed by atoms with Crippen LogP contribution in [0.1, 0.15) is 45.8 Å². The van der Waals surface area contributed by atoms with E-state index in [1.165, 1.54) is 10.7 Å². The molecule has 0 unspecified atom stereocenters. The van der Waals surface area contributed by atoms with Gasteiger partial charge >= 0.3 is 5.97 Å². The molecule has 0 fully saturated rings. The van der Waals surface area contributed by atoms with Crippen LogP contribution in [0, 0.1) is 0 Å². The van der Waals surface area contributed by atoms with Gasteiger partial charge in [0.2, 0.25) is 0 Å². The van der Waals surface area contributed by atoms with Gasteiger partial charge in [-0.2, -0.15) is 5.10 Å². The SMILES string of the molecule is CCc1ccc(Cl)c(CC)c1-c1nc2c(C(N)=O)nn(C)c2cc1C(=O)O. The topological polar surface area (TPSA) is 111 Å². The molecular formula is C19H19ClN4O3. The van der Waals surface area contributed by atoms with Gasteiger partial charge in [-0.1, -0.05) is 31.5 Å². The van der Waals surface area contributed by atoms with Crippen LogP contribution < -0.4 is 5.73 Å². The average Bonchev–Trinajstić information content (AvgIpc) is 2.96. The van der Waals surface area contributed by atoms with Crippen LogP contribution in [0.15, 0.2) is 18.2 Å². The average molecular weight is 387 g/mol. The smallest absolute Gasteiger partial charge is 0.337 e. The molecule has 0 aliphatic carbocycles. The lowest BCUT2D eigenvalue weighted by molar-refractivity contribution is 0.0697. The van der Waals surface area contributed by atoms with E-state index in [2.05, 4.69) is 10.1 Å². The molecule has 0 bridgehead atoms. The molecule has 3 N–H and O–H groups in total. The van der Waals surface area contributed by atoms with E-state index in [0.717, 1.165) is 11.1 Å². The van der Waals surface area contributed by atoms with E-state index in [-0.39, 0.29) is 22.5 Å². The van der Waals surface area contributed by atoms with Gasteiger partial charge < -0.3 is 10.8 Å². The molecule has 0 saturated carbocycles. The molecule has 2 aromatic heterocycles. The number of nitrogens with two attached hydrogens (primary N) is 1. The zero-order chi connectivity index (χ0) is 19.9. The van der Waals surface area contributed by atoms with Crippen molar-refractivity contribution in [2.24, 2.45) is 12.8 Å². The quantitative estimate of drug-likeness (QED) is 0.699. The number of fused-ring (bicyclic) bond motifs is 1. The number of hydrogen-bond donors (Lipinski definition) is 2. The molecule has 27 heavy (non-hydrogen) atoms. The van der Waals surface area contributed by atoms with Crippen molar-refractivity contribution in [3.63, 3.8) is 0 Å². The minimum atomic E-state index is -1.12. The molecule has 3 aromatic rings. The van der Waals surface area contributed by atoms with Crippen LogP contribution in [0.3, 0.4) is 0 Å². The number of aromatic carboxylic acids is 1. The molecule has 1 aromatic carbocycles. The summed E-state index contributed by atoms with van der Waals surface area (Å²) in [5.41, 5.74) is 8.83. The zero-order valence-corrected chi connectivity index (χ0v) is 16.0. The Balaban J connectivity index is 2.49. The Morgan fingerprint density at radius 1 is 1.26 bits per heavy atom. The van der Waals surface area contributed by atoms with Gasteiger partial charge in [-0.05, 0) is 36.1 Å². The van der Waals surface area contributed by atoms with Gasteiger partial charge in [0.05, 0.1) is 16.8 Å². The summed E-state index contributed by atoms with van der Waals surface area (Å²) < 4.78 is 1.40. The lowest BCUT2D eigenvalue weighted by Gasteiger charge is -2.16. The largest absolute Gasteiger partial charge is 0.478 e. The molecule has 0 spiro atoms. The molecule has 3 rings (SSSR count). The number of pyridine rings is 1. The number of hydrogen-bond acceptors (Lipinski definition) is 4. The van der Waals surface area contributed by atoms with Crippen molar-refractivity contribution in [3.8, 4) is 11.3 Å². The summed E-state index contributed by atoms with van der Waals surface area (Å²) >= 11 is 6.38. The number of halogens is 1. The van der Waals surface area contributed by atoms with Gasteiger partial charge in [0, 0.05) is 17.6 Å². The van der Waals surface area contributed by atoms with E-state index in [9.17, 15) is 14.7 Å². The minimum Gasteiger partial charge on any atom is -0.478 e. The van der Waals surface area contributed by atoms with Crippen molar-refractivity contribution in [3.05, 3.63) is 45.6 Å². The van der Waals surface area contributed by atoms with Crippen molar-refractivity contribution in [1.29, 1.82) is 0 Å². The number of primary amides is 1. The van der Waals surface area contributed by atoms with Crippen LogP contribution >= 0.6 is 11.6 Å². The Kier molecular flexibility index (Phi) is 4.89.